The van der Waals surface area contributed by atoms with Crippen molar-refractivity contribution in [1.82, 2.24) is 0 Å². The molecule has 0 fully saturated rings. The molecule has 2 aromatic carbocycles. The summed E-state index contributed by atoms with van der Waals surface area (Å²) in [6.45, 7) is 2.08. The Morgan fingerprint density at radius 1 is 1.19 bits per heavy atom. The second-order valence-electron chi connectivity index (χ2n) is 3.81. The first-order valence-electron chi connectivity index (χ1n) is 4.93. The van der Waals surface area contributed by atoms with Crippen LogP contribution in [-0.2, 0) is 0 Å². The minimum absolute atomic E-state index is 0.695. The molecule has 16 heavy (non-hydrogen) atoms. The Balaban J connectivity index is 2.60. The Labute approximate surface area is 106 Å². The molecule has 3 rings (SSSR count). The quantitative estimate of drug-likeness (QED) is 0.548. The Morgan fingerprint density at radius 3 is 2.81 bits per heavy atom. The number of benzene rings is 2. The average molecular weight is 296 g/mol. The lowest BCUT2D eigenvalue weighted by atomic mass is 10.1. The molecule has 80 valence electrons. The summed E-state index contributed by atoms with van der Waals surface area (Å²) >= 11 is 9.45. The van der Waals surface area contributed by atoms with Gasteiger partial charge in [-0.2, -0.15) is 0 Å². The van der Waals surface area contributed by atoms with Crippen molar-refractivity contribution in [3.05, 3.63) is 45.4 Å². The summed E-state index contributed by atoms with van der Waals surface area (Å²) in [6.07, 6.45) is 0. The van der Waals surface area contributed by atoms with E-state index in [2.05, 4.69) is 28.9 Å². The number of hydrogen-bond donors (Lipinski definition) is 0. The van der Waals surface area contributed by atoms with Gasteiger partial charge in [0.05, 0.1) is 4.47 Å². The van der Waals surface area contributed by atoms with Gasteiger partial charge in [0.25, 0.3) is 0 Å². The Bertz CT molecular complexity index is 700. The molecule has 0 aliphatic carbocycles. The van der Waals surface area contributed by atoms with E-state index in [1.54, 1.807) is 0 Å². The van der Waals surface area contributed by atoms with E-state index in [0.717, 1.165) is 26.4 Å². The zero-order valence-corrected chi connectivity index (χ0v) is 10.9. The molecule has 0 spiro atoms. The molecule has 0 saturated carbocycles. The maximum absolute atomic E-state index is 5.95. The highest BCUT2D eigenvalue weighted by Gasteiger charge is 2.11. The van der Waals surface area contributed by atoms with Crippen LogP contribution in [0.5, 0.6) is 0 Å². The molecule has 0 aliphatic heterocycles. The molecule has 1 nitrogen and oxygen atoms in total. The first kappa shape index (κ1) is 10.2. The summed E-state index contributed by atoms with van der Waals surface area (Å²) in [4.78, 5) is 0. The Hall–Kier alpha value is -0.990. The molecule has 1 heterocycles. The number of rotatable bonds is 0. The molecule has 1 aromatic heterocycles. The van der Waals surface area contributed by atoms with Gasteiger partial charge in [-0.1, -0.05) is 17.7 Å². The van der Waals surface area contributed by atoms with Crippen molar-refractivity contribution in [3.63, 3.8) is 0 Å². The third-order valence-corrected chi connectivity index (χ3v) is 3.60. The van der Waals surface area contributed by atoms with E-state index >= 15 is 0 Å². The van der Waals surface area contributed by atoms with Gasteiger partial charge in [-0.3, -0.25) is 0 Å². The normalized spacial score (nSPS) is 11.4. The minimum atomic E-state index is 0.695. The maximum Gasteiger partial charge on any atom is 0.149 e. The van der Waals surface area contributed by atoms with Crippen molar-refractivity contribution in [2.24, 2.45) is 0 Å². The molecule has 0 saturated heterocycles. The lowest BCUT2D eigenvalue weighted by molar-refractivity contribution is 0.666. The van der Waals surface area contributed by atoms with E-state index in [1.807, 2.05) is 24.3 Å². The maximum atomic E-state index is 5.95. The highest BCUT2D eigenvalue weighted by molar-refractivity contribution is 9.10. The van der Waals surface area contributed by atoms with E-state index in [-0.39, 0.29) is 0 Å². The first-order valence-corrected chi connectivity index (χ1v) is 6.11. The Kier molecular flexibility index (Phi) is 2.23. The first-order chi connectivity index (χ1) is 7.66. The summed E-state index contributed by atoms with van der Waals surface area (Å²) in [7, 11) is 0. The van der Waals surface area contributed by atoms with Gasteiger partial charge in [-0.15, -0.1) is 0 Å². The summed E-state index contributed by atoms with van der Waals surface area (Å²) < 4.78 is 6.79. The van der Waals surface area contributed by atoms with Gasteiger partial charge in [-0.05, 0) is 46.6 Å². The fourth-order valence-corrected chi connectivity index (χ4v) is 2.56. The zero-order valence-electron chi connectivity index (χ0n) is 8.55. The van der Waals surface area contributed by atoms with Crippen LogP contribution in [0, 0.1) is 6.92 Å². The van der Waals surface area contributed by atoms with Crippen LogP contribution in [0.4, 0.5) is 0 Å². The minimum Gasteiger partial charge on any atom is -0.455 e. The molecular formula is C13H8BrClO. The number of halogens is 2. The van der Waals surface area contributed by atoms with Crippen molar-refractivity contribution >= 4 is 49.5 Å². The van der Waals surface area contributed by atoms with Crippen LogP contribution in [0.2, 0.25) is 5.02 Å². The molecule has 0 atom stereocenters. The third kappa shape index (κ3) is 1.37. The molecule has 0 unspecified atom stereocenters. The summed E-state index contributed by atoms with van der Waals surface area (Å²) in [5, 5.41) is 2.96. The van der Waals surface area contributed by atoms with Crippen LogP contribution in [0.1, 0.15) is 5.56 Å². The SMILES string of the molecule is Cc1ccc(Br)c2oc3cc(Cl)ccc3c12. The second kappa shape index (κ2) is 3.51. The van der Waals surface area contributed by atoms with Crippen molar-refractivity contribution < 1.29 is 4.42 Å². The van der Waals surface area contributed by atoms with E-state index in [1.165, 1.54) is 5.56 Å². The van der Waals surface area contributed by atoms with E-state index in [4.69, 9.17) is 16.0 Å². The molecule has 0 bridgehead atoms. The van der Waals surface area contributed by atoms with Crippen LogP contribution < -0.4 is 0 Å². The fourth-order valence-electron chi connectivity index (χ4n) is 1.99. The van der Waals surface area contributed by atoms with Crippen LogP contribution in [-0.4, -0.2) is 0 Å². The highest BCUT2D eigenvalue weighted by atomic mass is 79.9. The smallest absolute Gasteiger partial charge is 0.149 e. The van der Waals surface area contributed by atoms with E-state index in [0.29, 0.717) is 5.02 Å². The van der Waals surface area contributed by atoms with Crippen molar-refractivity contribution in [2.75, 3.05) is 0 Å². The molecule has 0 radical (unpaired) electrons. The fraction of sp³-hybridized carbons (Fsp3) is 0.0769. The van der Waals surface area contributed by atoms with Gasteiger partial charge in [0.2, 0.25) is 0 Å². The molecule has 0 amide bonds. The van der Waals surface area contributed by atoms with Crippen LogP contribution in [0.3, 0.4) is 0 Å². The molecule has 0 N–H and O–H groups in total. The van der Waals surface area contributed by atoms with Gasteiger partial charge in [-0.25, -0.2) is 0 Å². The van der Waals surface area contributed by atoms with Crippen molar-refractivity contribution in [2.45, 2.75) is 6.92 Å². The van der Waals surface area contributed by atoms with Gasteiger partial charge < -0.3 is 4.42 Å². The van der Waals surface area contributed by atoms with Gasteiger partial charge >= 0.3 is 0 Å². The van der Waals surface area contributed by atoms with Crippen LogP contribution >= 0.6 is 27.5 Å². The van der Waals surface area contributed by atoms with Crippen molar-refractivity contribution in [3.8, 4) is 0 Å². The largest absolute Gasteiger partial charge is 0.455 e. The number of aryl methyl sites for hydroxylation is 1. The topological polar surface area (TPSA) is 13.1 Å². The van der Waals surface area contributed by atoms with E-state index < -0.39 is 0 Å². The van der Waals surface area contributed by atoms with Crippen molar-refractivity contribution in [1.29, 1.82) is 0 Å². The van der Waals surface area contributed by atoms with Crippen LogP contribution in [0.15, 0.2) is 39.2 Å². The molecule has 3 heteroatoms. The summed E-state index contributed by atoms with van der Waals surface area (Å²) in [5.41, 5.74) is 2.93. The van der Waals surface area contributed by atoms with Gasteiger partial charge in [0, 0.05) is 21.9 Å². The standard InChI is InChI=1S/C13H8BrClO/c1-7-2-5-10(14)13-12(7)9-4-3-8(15)6-11(9)16-13/h2-6H,1H3. The number of fused-ring (bicyclic) bond motifs is 3. The monoisotopic (exact) mass is 294 g/mol. The zero-order chi connectivity index (χ0) is 11.3. The van der Waals surface area contributed by atoms with E-state index in [9.17, 15) is 0 Å². The molecule has 3 aromatic rings. The van der Waals surface area contributed by atoms with Gasteiger partial charge in [0.15, 0.2) is 0 Å². The predicted octanol–water partition coefficient (Wildman–Crippen LogP) is 5.31. The highest BCUT2D eigenvalue weighted by Crippen LogP contribution is 2.36. The van der Waals surface area contributed by atoms with Gasteiger partial charge in [0.1, 0.15) is 11.2 Å². The molecule has 0 aliphatic rings. The number of hydrogen-bond acceptors (Lipinski definition) is 1. The lowest BCUT2D eigenvalue weighted by Crippen LogP contribution is -1.75. The summed E-state index contributed by atoms with van der Waals surface area (Å²) in [6, 6.07) is 9.82. The Morgan fingerprint density at radius 2 is 2.00 bits per heavy atom. The molecular weight excluding hydrogens is 287 g/mol. The lowest BCUT2D eigenvalue weighted by Gasteiger charge is -1.96. The summed E-state index contributed by atoms with van der Waals surface area (Å²) in [5.74, 6) is 0. The average Bonchev–Trinajstić information content (AvgIpc) is 2.63. The van der Waals surface area contributed by atoms with Crippen LogP contribution in [0.25, 0.3) is 21.9 Å². The third-order valence-electron chi connectivity index (χ3n) is 2.74. The second-order valence-corrected chi connectivity index (χ2v) is 5.10. The number of furan rings is 1. The predicted molar refractivity (Wildman–Crippen MR) is 71.2 cm³/mol.